The van der Waals surface area contributed by atoms with Crippen molar-refractivity contribution in [1.29, 1.82) is 0 Å². The van der Waals surface area contributed by atoms with Gasteiger partial charge in [-0.25, -0.2) is 0 Å². The predicted octanol–water partition coefficient (Wildman–Crippen LogP) is 4.31. The third kappa shape index (κ3) is 1.91. The summed E-state index contributed by atoms with van der Waals surface area (Å²) < 4.78 is 0. The highest BCUT2D eigenvalue weighted by atomic mass is 14.2. The van der Waals surface area contributed by atoms with Crippen LogP contribution in [-0.2, 0) is 0 Å². The first kappa shape index (κ1) is 8.34. The minimum atomic E-state index is 0. The van der Waals surface area contributed by atoms with E-state index in [-0.39, 0.29) is 1.43 Å². The summed E-state index contributed by atoms with van der Waals surface area (Å²) in [7, 11) is 0. The molecule has 0 heterocycles. The molecular formula is C12H22. The van der Waals surface area contributed by atoms with Crippen LogP contribution in [0.3, 0.4) is 0 Å². The van der Waals surface area contributed by atoms with Crippen LogP contribution in [0.5, 0.6) is 0 Å². The molecule has 2 aliphatic rings. The zero-order valence-corrected chi connectivity index (χ0v) is 8.02. The summed E-state index contributed by atoms with van der Waals surface area (Å²) in [4.78, 5) is 0. The Morgan fingerprint density at radius 1 is 1.00 bits per heavy atom. The Hall–Kier alpha value is -0.260. The van der Waals surface area contributed by atoms with Crippen molar-refractivity contribution in [2.75, 3.05) is 0 Å². The van der Waals surface area contributed by atoms with Gasteiger partial charge < -0.3 is 0 Å². The molecule has 0 nitrogen and oxygen atoms in total. The van der Waals surface area contributed by atoms with E-state index in [0.717, 1.165) is 5.92 Å². The second-order valence-corrected chi connectivity index (χ2v) is 4.36. The molecule has 0 heteroatoms. The van der Waals surface area contributed by atoms with Crippen LogP contribution in [0.25, 0.3) is 0 Å². The normalized spacial score (nSPS) is 26.8. The lowest BCUT2D eigenvalue weighted by Crippen LogP contribution is -2.10. The molecule has 0 unspecified atom stereocenters. The lowest BCUT2D eigenvalue weighted by molar-refractivity contribution is 0.387. The SMILES string of the molecule is C1=C(C2CCCCC2)CCCC1.[HH]. The van der Waals surface area contributed by atoms with Crippen molar-refractivity contribution in [3.8, 4) is 0 Å². The molecule has 0 bridgehead atoms. The van der Waals surface area contributed by atoms with Gasteiger partial charge in [-0.2, -0.15) is 0 Å². The molecule has 0 spiro atoms. The van der Waals surface area contributed by atoms with Crippen LogP contribution in [0.1, 0.15) is 59.2 Å². The van der Waals surface area contributed by atoms with Crippen molar-refractivity contribution in [2.24, 2.45) is 5.92 Å². The molecule has 12 heavy (non-hydrogen) atoms. The summed E-state index contributed by atoms with van der Waals surface area (Å²) in [6.45, 7) is 0. The number of hydrogen-bond donors (Lipinski definition) is 0. The van der Waals surface area contributed by atoms with Gasteiger partial charge in [0, 0.05) is 1.43 Å². The Bertz CT molecular complexity index is 166. The van der Waals surface area contributed by atoms with E-state index >= 15 is 0 Å². The molecule has 0 saturated heterocycles. The van der Waals surface area contributed by atoms with E-state index < -0.39 is 0 Å². The second-order valence-electron chi connectivity index (χ2n) is 4.36. The Labute approximate surface area is 77.5 Å². The molecule has 0 aromatic carbocycles. The number of hydrogen-bond acceptors (Lipinski definition) is 0. The third-order valence-corrected chi connectivity index (χ3v) is 3.46. The molecule has 0 radical (unpaired) electrons. The summed E-state index contributed by atoms with van der Waals surface area (Å²) in [5.74, 6) is 0.999. The maximum atomic E-state index is 2.54. The summed E-state index contributed by atoms with van der Waals surface area (Å²) in [6.07, 6.45) is 15.7. The molecule has 2 rings (SSSR count). The molecule has 0 aromatic heterocycles. The first-order chi connectivity index (χ1) is 5.97. The molecular weight excluding hydrogens is 144 g/mol. The van der Waals surface area contributed by atoms with Gasteiger partial charge in [0.25, 0.3) is 0 Å². The first-order valence-corrected chi connectivity index (χ1v) is 5.66. The summed E-state index contributed by atoms with van der Waals surface area (Å²) in [5, 5.41) is 0. The molecule has 0 amide bonds. The quantitative estimate of drug-likeness (QED) is 0.509. The average molecular weight is 166 g/mol. The zero-order valence-electron chi connectivity index (χ0n) is 8.02. The van der Waals surface area contributed by atoms with Crippen molar-refractivity contribution < 1.29 is 1.43 Å². The van der Waals surface area contributed by atoms with Crippen molar-refractivity contribution in [1.82, 2.24) is 0 Å². The fourth-order valence-corrected chi connectivity index (χ4v) is 2.71. The molecule has 0 aliphatic heterocycles. The van der Waals surface area contributed by atoms with E-state index in [1.165, 1.54) is 57.8 Å². The van der Waals surface area contributed by atoms with Gasteiger partial charge in [-0.3, -0.25) is 0 Å². The lowest BCUT2D eigenvalue weighted by atomic mass is 9.80. The van der Waals surface area contributed by atoms with Crippen molar-refractivity contribution in [3.63, 3.8) is 0 Å². The molecule has 2 aliphatic carbocycles. The van der Waals surface area contributed by atoms with Crippen LogP contribution >= 0.6 is 0 Å². The largest absolute Gasteiger partial charge is 0.0851 e. The summed E-state index contributed by atoms with van der Waals surface area (Å²) in [5.41, 5.74) is 1.82. The van der Waals surface area contributed by atoms with Crippen molar-refractivity contribution in [2.45, 2.75) is 57.8 Å². The van der Waals surface area contributed by atoms with Gasteiger partial charge in [0.05, 0.1) is 0 Å². The Kier molecular flexibility index (Phi) is 2.86. The standard InChI is InChI=1S/C12H20.H2/c1-3-7-11(8-4-1)12-9-5-2-6-10-12;/h7,12H,1-6,8-10H2;1H. The lowest BCUT2D eigenvalue weighted by Gasteiger charge is -2.26. The maximum Gasteiger partial charge on any atom is 0 e. The monoisotopic (exact) mass is 166 g/mol. The number of rotatable bonds is 1. The Balaban J connectivity index is 0.000000845. The molecule has 1 saturated carbocycles. The van der Waals surface area contributed by atoms with Gasteiger partial charge >= 0.3 is 0 Å². The van der Waals surface area contributed by atoms with Gasteiger partial charge in [0.15, 0.2) is 0 Å². The van der Waals surface area contributed by atoms with E-state index in [1.807, 2.05) is 5.57 Å². The minimum Gasteiger partial charge on any atom is -0.0851 e. The van der Waals surface area contributed by atoms with E-state index in [2.05, 4.69) is 6.08 Å². The smallest absolute Gasteiger partial charge is 0 e. The Morgan fingerprint density at radius 2 is 1.83 bits per heavy atom. The average Bonchev–Trinajstić information content (AvgIpc) is 2.21. The van der Waals surface area contributed by atoms with E-state index in [9.17, 15) is 0 Å². The van der Waals surface area contributed by atoms with Crippen LogP contribution in [0.15, 0.2) is 11.6 Å². The molecule has 0 aromatic rings. The van der Waals surface area contributed by atoms with E-state index in [4.69, 9.17) is 0 Å². The summed E-state index contributed by atoms with van der Waals surface area (Å²) >= 11 is 0. The third-order valence-electron chi connectivity index (χ3n) is 3.46. The van der Waals surface area contributed by atoms with Crippen LogP contribution in [0.2, 0.25) is 0 Å². The van der Waals surface area contributed by atoms with Gasteiger partial charge in [-0.1, -0.05) is 30.9 Å². The van der Waals surface area contributed by atoms with Gasteiger partial charge in [-0.05, 0) is 44.4 Å². The predicted molar refractivity (Wildman–Crippen MR) is 55.2 cm³/mol. The zero-order chi connectivity index (χ0) is 8.23. The van der Waals surface area contributed by atoms with Crippen molar-refractivity contribution in [3.05, 3.63) is 11.6 Å². The van der Waals surface area contributed by atoms with Crippen LogP contribution in [0, 0.1) is 5.92 Å². The maximum absolute atomic E-state index is 2.54. The van der Waals surface area contributed by atoms with Gasteiger partial charge in [0.2, 0.25) is 0 Å². The minimum absolute atomic E-state index is 0. The van der Waals surface area contributed by atoms with Gasteiger partial charge in [-0.15, -0.1) is 0 Å². The van der Waals surface area contributed by atoms with Crippen LogP contribution in [-0.4, -0.2) is 0 Å². The van der Waals surface area contributed by atoms with Gasteiger partial charge in [0.1, 0.15) is 0 Å². The topological polar surface area (TPSA) is 0 Å². The second kappa shape index (κ2) is 4.11. The van der Waals surface area contributed by atoms with Crippen LogP contribution in [0.4, 0.5) is 0 Å². The van der Waals surface area contributed by atoms with E-state index in [1.54, 1.807) is 0 Å². The molecule has 0 N–H and O–H groups in total. The highest BCUT2D eigenvalue weighted by Crippen LogP contribution is 2.34. The fraction of sp³-hybridized carbons (Fsp3) is 0.833. The fourth-order valence-electron chi connectivity index (χ4n) is 2.71. The molecule has 0 atom stereocenters. The van der Waals surface area contributed by atoms with Crippen LogP contribution < -0.4 is 0 Å². The summed E-state index contributed by atoms with van der Waals surface area (Å²) in [6, 6.07) is 0. The van der Waals surface area contributed by atoms with Crippen molar-refractivity contribution >= 4 is 0 Å². The van der Waals surface area contributed by atoms with E-state index in [0.29, 0.717) is 0 Å². The molecule has 70 valence electrons. The molecule has 1 fully saturated rings. The first-order valence-electron chi connectivity index (χ1n) is 5.66. The Morgan fingerprint density at radius 3 is 2.50 bits per heavy atom. The highest BCUT2D eigenvalue weighted by Gasteiger charge is 2.18. The highest BCUT2D eigenvalue weighted by molar-refractivity contribution is 5.09. The number of allylic oxidation sites excluding steroid dienone is 2.